The van der Waals surface area contributed by atoms with Gasteiger partial charge in [0.15, 0.2) is 11.6 Å². The number of sulfonamides is 1. The Morgan fingerprint density at radius 1 is 1.11 bits per heavy atom. The number of nitrogens with zero attached hydrogens (tertiary/aromatic N) is 3. The van der Waals surface area contributed by atoms with Crippen molar-refractivity contribution in [2.45, 2.75) is 29.0 Å². The van der Waals surface area contributed by atoms with Crippen LogP contribution in [-0.4, -0.2) is 36.4 Å². The van der Waals surface area contributed by atoms with Crippen molar-refractivity contribution in [1.82, 2.24) is 13.9 Å². The predicted octanol–water partition coefficient (Wildman–Crippen LogP) is 3.88. The minimum atomic E-state index is -3.54. The van der Waals surface area contributed by atoms with Crippen molar-refractivity contribution in [3.63, 3.8) is 0 Å². The third-order valence-corrected chi connectivity index (χ3v) is 6.95. The van der Waals surface area contributed by atoms with Crippen molar-refractivity contribution < 1.29 is 17.2 Å². The van der Waals surface area contributed by atoms with Crippen molar-refractivity contribution in [3.05, 3.63) is 53.9 Å². The number of benzene rings is 2. The summed E-state index contributed by atoms with van der Waals surface area (Å²) in [7, 11) is -0.581. The summed E-state index contributed by atoms with van der Waals surface area (Å²) in [5.74, 6) is -0.581. The number of hydrogen-bond acceptors (Lipinski definition) is 4. The van der Waals surface area contributed by atoms with Gasteiger partial charge in [-0.15, -0.1) is 11.8 Å². The molecule has 144 valence electrons. The largest absolute Gasteiger partial charge is 0.328 e. The van der Waals surface area contributed by atoms with Crippen LogP contribution in [-0.2, 0) is 22.3 Å². The first-order valence-corrected chi connectivity index (χ1v) is 10.7. The molecule has 27 heavy (non-hydrogen) atoms. The molecule has 0 aliphatic rings. The van der Waals surface area contributed by atoms with Crippen LogP contribution in [0.15, 0.2) is 46.2 Å². The van der Waals surface area contributed by atoms with Crippen LogP contribution in [0.3, 0.4) is 0 Å². The van der Waals surface area contributed by atoms with E-state index in [1.54, 1.807) is 18.2 Å². The lowest BCUT2D eigenvalue weighted by atomic mass is 10.3. The van der Waals surface area contributed by atoms with Gasteiger partial charge < -0.3 is 4.57 Å². The molecule has 0 bridgehead atoms. The molecule has 0 amide bonds. The second-order valence-corrected chi connectivity index (χ2v) is 9.28. The van der Waals surface area contributed by atoms with Crippen LogP contribution < -0.4 is 0 Å². The Labute approximate surface area is 161 Å². The van der Waals surface area contributed by atoms with Gasteiger partial charge in [0.2, 0.25) is 10.0 Å². The minimum Gasteiger partial charge on any atom is -0.328 e. The SMILES string of the molecule is CCn1c(CSc2ccc(F)c(F)c2)nc2cc(S(=O)(=O)N(C)C)ccc21. The van der Waals surface area contributed by atoms with Crippen LogP contribution in [0.2, 0.25) is 0 Å². The van der Waals surface area contributed by atoms with E-state index >= 15 is 0 Å². The third kappa shape index (κ3) is 3.85. The van der Waals surface area contributed by atoms with Crippen LogP contribution >= 0.6 is 11.8 Å². The Kier molecular flexibility index (Phi) is 5.55. The van der Waals surface area contributed by atoms with Crippen LogP contribution in [0, 0.1) is 11.6 Å². The van der Waals surface area contributed by atoms with Gasteiger partial charge in [0.05, 0.1) is 21.7 Å². The molecule has 3 aromatic rings. The monoisotopic (exact) mass is 411 g/mol. The average molecular weight is 411 g/mol. The zero-order valence-electron chi connectivity index (χ0n) is 15.1. The first kappa shape index (κ1) is 19.8. The first-order valence-electron chi connectivity index (χ1n) is 8.23. The van der Waals surface area contributed by atoms with E-state index in [-0.39, 0.29) is 4.90 Å². The Hall–Kier alpha value is -1.97. The predicted molar refractivity (Wildman–Crippen MR) is 102 cm³/mol. The van der Waals surface area contributed by atoms with Gasteiger partial charge in [0.25, 0.3) is 0 Å². The van der Waals surface area contributed by atoms with Crippen LogP contribution in [0.4, 0.5) is 8.78 Å². The fourth-order valence-electron chi connectivity index (χ4n) is 2.71. The number of rotatable bonds is 6. The minimum absolute atomic E-state index is 0.181. The molecule has 0 aliphatic heterocycles. The second-order valence-electron chi connectivity index (χ2n) is 6.07. The molecule has 9 heteroatoms. The van der Waals surface area contributed by atoms with Gasteiger partial charge in [-0.05, 0) is 43.3 Å². The summed E-state index contributed by atoms with van der Waals surface area (Å²) in [5.41, 5.74) is 1.41. The van der Waals surface area contributed by atoms with E-state index in [0.29, 0.717) is 22.7 Å². The van der Waals surface area contributed by atoms with E-state index in [1.807, 2.05) is 11.5 Å². The molecule has 3 rings (SSSR count). The number of halogens is 2. The maximum absolute atomic E-state index is 13.4. The smallest absolute Gasteiger partial charge is 0.242 e. The summed E-state index contributed by atoms with van der Waals surface area (Å²) < 4.78 is 54.2. The van der Waals surface area contributed by atoms with Gasteiger partial charge in [-0.2, -0.15) is 0 Å². The van der Waals surface area contributed by atoms with Gasteiger partial charge in [-0.25, -0.2) is 26.5 Å². The molecular formula is C18H19F2N3O2S2. The quantitative estimate of drug-likeness (QED) is 0.578. The summed E-state index contributed by atoms with van der Waals surface area (Å²) in [4.78, 5) is 5.34. The number of aryl methyl sites for hydroxylation is 1. The zero-order chi connectivity index (χ0) is 19.8. The van der Waals surface area contributed by atoms with Crippen LogP contribution in [0.1, 0.15) is 12.7 Å². The molecule has 1 heterocycles. The van der Waals surface area contributed by atoms with Crippen molar-refractivity contribution >= 4 is 32.8 Å². The lowest BCUT2D eigenvalue weighted by molar-refractivity contribution is 0.506. The molecule has 2 aromatic carbocycles. The lowest BCUT2D eigenvalue weighted by Crippen LogP contribution is -2.22. The average Bonchev–Trinajstić information content (AvgIpc) is 2.99. The number of thioether (sulfide) groups is 1. The maximum atomic E-state index is 13.4. The topological polar surface area (TPSA) is 55.2 Å². The Morgan fingerprint density at radius 2 is 1.85 bits per heavy atom. The summed E-state index contributed by atoms with van der Waals surface area (Å²) in [6, 6.07) is 8.64. The fourth-order valence-corrected chi connectivity index (χ4v) is 4.50. The normalized spacial score (nSPS) is 12.2. The Bertz CT molecular complexity index is 1100. The highest BCUT2D eigenvalue weighted by Crippen LogP contribution is 2.27. The van der Waals surface area contributed by atoms with E-state index in [1.165, 1.54) is 31.9 Å². The van der Waals surface area contributed by atoms with Gasteiger partial charge >= 0.3 is 0 Å². The molecule has 0 N–H and O–H groups in total. The third-order valence-electron chi connectivity index (χ3n) is 4.15. The maximum Gasteiger partial charge on any atom is 0.242 e. The Balaban J connectivity index is 1.94. The summed E-state index contributed by atoms with van der Waals surface area (Å²) in [5, 5.41) is 0. The van der Waals surface area contributed by atoms with E-state index in [2.05, 4.69) is 4.98 Å². The highest BCUT2D eigenvalue weighted by Gasteiger charge is 2.19. The van der Waals surface area contributed by atoms with Crippen molar-refractivity contribution in [3.8, 4) is 0 Å². The van der Waals surface area contributed by atoms with Gasteiger partial charge in [-0.1, -0.05) is 0 Å². The molecule has 0 saturated heterocycles. The number of fused-ring (bicyclic) bond motifs is 1. The van der Waals surface area contributed by atoms with Gasteiger partial charge in [0.1, 0.15) is 5.82 Å². The highest BCUT2D eigenvalue weighted by molar-refractivity contribution is 7.98. The molecule has 0 aliphatic carbocycles. The lowest BCUT2D eigenvalue weighted by Gasteiger charge is -2.11. The molecule has 1 aromatic heterocycles. The van der Waals surface area contributed by atoms with E-state index in [9.17, 15) is 17.2 Å². The molecule has 0 spiro atoms. The molecular weight excluding hydrogens is 392 g/mol. The summed E-state index contributed by atoms with van der Waals surface area (Å²) >= 11 is 1.34. The second kappa shape index (κ2) is 7.57. The van der Waals surface area contributed by atoms with Gasteiger partial charge in [0, 0.05) is 25.5 Å². The highest BCUT2D eigenvalue weighted by atomic mass is 32.2. The standard InChI is InChI=1S/C18H19F2N3O2S2/c1-4-23-17-8-6-13(27(24,25)22(2)3)10-16(17)21-18(23)11-26-12-5-7-14(19)15(20)9-12/h5-10H,4,11H2,1-3H3. The van der Waals surface area contributed by atoms with E-state index < -0.39 is 21.7 Å². The van der Waals surface area contributed by atoms with Crippen LogP contribution in [0.5, 0.6) is 0 Å². The molecule has 0 unspecified atom stereocenters. The fraction of sp³-hybridized carbons (Fsp3) is 0.278. The zero-order valence-corrected chi connectivity index (χ0v) is 16.7. The van der Waals surface area contributed by atoms with E-state index in [0.717, 1.165) is 27.8 Å². The molecule has 0 saturated carbocycles. The van der Waals surface area contributed by atoms with E-state index in [4.69, 9.17) is 0 Å². The summed E-state index contributed by atoms with van der Waals surface area (Å²) in [6.45, 7) is 2.63. The van der Waals surface area contributed by atoms with Gasteiger partial charge in [-0.3, -0.25) is 0 Å². The van der Waals surface area contributed by atoms with Crippen molar-refractivity contribution in [1.29, 1.82) is 0 Å². The Morgan fingerprint density at radius 3 is 2.48 bits per heavy atom. The van der Waals surface area contributed by atoms with Crippen molar-refractivity contribution in [2.75, 3.05) is 14.1 Å². The number of imidazole rings is 1. The van der Waals surface area contributed by atoms with Crippen LogP contribution in [0.25, 0.3) is 11.0 Å². The molecule has 0 atom stereocenters. The molecule has 0 radical (unpaired) electrons. The number of aromatic nitrogens is 2. The number of hydrogen-bond donors (Lipinski definition) is 0. The molecule has 5 nitrogen and oxygen atoms in total. The van der Waals surface area contributed by atoms with Crippen molar-refractivity contribution in [2.24, 2.45) is 0 Å². The molecule has 0 fully saturated rings. The first-order chi connectivity index (χ1) is 12.7. The summed E-state index contributed by atoms with van der Waals surface area (Å²) in [6.07, 6.45) is 0.